The van der Waals surface area contributed by atoms with Crippen molar-refractivity contribution in [3.8, 4) is 0 Å². The van der Waals surface area contributed by atoms with Crippen LogP contribution in [0, 0.1) is 30.6 Å². The van der Waals surface area contributed by atoms with Gasteiger partial charge in [0.05, 0.1) is 35.0 Å². The van der Waals surface area contributed by atoms with Gasteiger partial charge in [0, 0.05) is 61.0 Å². The Morgan fingerprint density at radius 2 is 0.604 bits per heavy atom. The third-order valence-corrected chi connectivity index (χ3v) is 3.51. The number of aromatic nitrogens is 4. The van der Waals surface area contributed by atoms with Gasteiger partial charge < -0.3 is 81.2 Å². The molecule has 4 rings (SSSR count). The summed E-state index contributed by atoms with van der Waals surface area (Å²) in [6.07, 6.45) is 5.09. The molecule has 0 bridgehead atoms. The van der Waals surface area contributed by atoms with Crippen molar-refractivity contribution in [1.82, 2.24) is 0 Å². The molecule has 53 heavy (non-hydrogen) atoms. The van der Waals surface area contributed by atoms with Gasteiger partial charge in [-0.2, -0.15) is 0 Å². The molecule has 27 heteroatoms. The van der Waals surface area contributed by atoms with Crippen LogP contribution < -0.4 is 63.3 Å². The SMILES string of the molecule is Nc1cccc[nH+]1.Nc1cccc[nH+]1.Nc1cccc[nH+]1.Nc1cccc[nH+]1.O=C([O-])CC(=O)[O-].O=C([O-])CC(=O)[O-].O=[N+]([O-])[O-].O=[N+]([O-])[O-].[Co+2].[OH3+].[OH3+]. The number of nitrogens with two attached hydrogens (primary N) is 4. The average molecular weight is 806 g/mol. The first-order chi connectivity index (χ1) is 23.3. The molecule has 0 unspecified atom stereocenters. The van der Waals surface area contributed by atoms with Crippen LogP contribution in [0.2, 0.25) is 0 Å². The maximum atomic E-state index is 9.28. The maximum Gasteiger partial charge on any atom is 2.00 e. The Hall–Kier alpha value is -7.49. The van der Waals surface area contributed by atoms with Crippen LogP contribution in [0.25, 0.3) is 0 Å². The number of nitrogens with one attached hydrogen (secondary N) is 4. The van der Waals surface area contributed by atoms with Crippen LogP contribution in [0.5, 0.6) is 0 Å². The number of aromatic amines is 4. The van der Waals surface area contributed by atoms with E-state index in [1.807, 2.05) is 48.5 Å². The number of nitrogens with zero attached hydrogens (tertiary/aromatic N) is 2. The Bertz CT molecular complexity index is 1270. The van der Waals surface area contributed by atoms with Crippen molar-refractivity contribution in [3.05, 3.63) is 128 Å². The predicted octanol–water partition coefficient (Wildman–Crippen LogP) is -8.24. The molecule has 0 spiro atoms. The van der Waals surface area contributed by atoms with E-state index in [4.69, 9.17) is 53.6 Å². The Morgan fingerprint density at radius 1 is 0.453 bits per heavy atom. The number of pyridine rings is 4. The van der Waals surface area contributed by atoms with Gasteiger partial charge in [-0.05, 0) is 24.3 Å². The van der Waals surface area contributed by atoms with E-state index in [0.29, 0.717) is 23.3 Å². The van der Waals surface area contributed by atoms with Gasteiger partial charge in [0.25, 0.3) is 23.3 Å². The van der Waals surface area contributed by atoms with Crippen LogP contribution in [0.3, 0.4) is 0 Å². The Labute approximate surface area is 308 Å². The third-order valence-electron chi connectivity index (χ3n) is 3.51. The van der Waals surface area contributed by atoms with Crippen molar-refractivity contribution in [2.24, 2.45) is 0 Å². The molecule has 0 atom stereocenters. The monoisotopic (exact) mass is 805 g/mol. The smallest absolute Gasteiger partial charge is 0.550 e. The van der Waals surface area contributed by atoms with E-state index in [9.17, 15) is 39.6 Å². The maximum absolute atomic E-state index is 9.28. The van der Waals surface area contributed by atoms with Crippen molar-refractivity contribution >= 4 is 47.1 Å². The molecule has 26 nitrogen and oxygen atoms in total. The number of aliphatic carboxylic acids is 4. The standard InChI is InChI=1S/4C5H6N2.2C3H4O4.Co.2NO3.2H2O/c4*6-5-3-1-2-4-7-5;2*4-2(5)1-3(6)7;;2*2-1(3)4;;/h4*1-4H,(H2,6,7);2*1H2,(H,4,5)(H,6,7);;;;2*1H2/q;;;;;;+2;2*-1;;/p+2. The first kappa shape index (κ1) is 60.8. The molecule has 4 aromatic rings. The first-order valence-electron chi connectivity index (χ1n) is 12.6. The van der Waals surface area contributed by atoms with Gasteiger partial charge in [-0.3, -0.25) is 22.9 Å². The van der Waals surface area contributed by atoms with Crippen LogP contribution in [0.1, 0.15) is 12.8 Å². The zero-order valence-corrected chi connectivity index (χ0v) is 28.1. The largest absolute Gasteiger partial charge is 2.00 e. The average Bonchev–Trinajstić information content (AvgIpc) is 2.99. The van der Waals surface area contributed by atoms with Crippen LogP contribution in [-0.4, -0.2) is 34.1 Å². The molecule has 0 aliphatic carbocycles. The minimum absolute atomic E-state index is 0. The number of rotatable bonds is 4. The molecule has 0 aromatic carbocycles. The van der Waals surface area contributed by atoms with Crippen LogP contribution in [0.15, 0.2) is 97.6 Å². The number of H-pyrrole nitrogens is 4. The van der Waals surface area contributed by atoms with Crippen LogP contribution in [0.4, 0.5) is 23.3 Å². The zero-order valence-electron chi connectivity index (χ0n) is 27.1. The number of nitrogen functional groups attached to an aromatic ring is 4. The fraction of sp³-hybridized carbons (Fsp3) is 0.0769. The molecule has 0 aliphatic rings. The van der Waals surface area contributed by atoms with E-state index in [0.717, 1.165) is 0 Å². The summed E-state index contributed by atoms with van der Waals surface area (Å²) in [5.74, 6) is -3.71. The van der Waals surface area contributed by atoms with E-state index in [-0.39, 0.29) is 27.7 Å². The number of hydrogen-bond donors (Lipinski definition) is 4. The van der Waals surface area contributed by atoms with Crippen molar-refractivity contribution in [1.29, 1.82) is 0 Å². The molecule has 0 fully saturated rings. The number of hydrogen-bond acceptors (Lipinski definition) is 18. The van der Waals surface area contributed by atoms with Crippen LogP contribution in [-0.2, 0) is 46.9 Å². The van der Waals surface area contributed by atoms with E-state index < -0.39 is 46.9 Å². The van der Waals surface area contributed by atoms with Gasteiger partial charge in [0.2, 0.25) is 0 Å². The molecular weight excluding hydrogens is 767 g/mol. The van der Waals surface area contributed by atoms with Gasteiger partial charge in [-0.1, -0.05) is 24.3 Å². The minimum atomic E-state index is -1.75. The number of carbonyl (C=O) groups excluding carboxylic acids is 4. The Morgan fingerprint density at radius 3 is 0.642 bits per heavy atom. The van der Waals surface area contributed by atoms with Gasteiger partial charge >= 0.3 is 16.8 Å². The molecule has 18 N–H and O–H groups in total. The zero-order chi connectivity index (χ0) is 39.3. The summed E-state index contributed by atoms with van der Waals surface area (Å²) in [7, 11) is 0. The normalized spacial score (nSPS) is 7.55. The topological polar surface area (TPSA) is 520 Å². The summed E-state index contributed by atoms with van der Waals surface area (Å²) in [5, 5.41) is 66.6. The molecular formula is C26H38CoN10O16+2. The summed E-state index contributed by atoms with van der Waals surface area (Å²) in [6.45, 7) is 0. The van der Waals surface area contributed by atoms with Gasteiger partial charge in [0.15, 0.2) is 0 Å². The van der Waals surface area contributed by atoms with Crippen LogP contribution >= 0.6 is 0 Å². The number of carboxylic acids is 4. The minimum Gasteiger partial charge on any atom is -0.550 e. The number of carboxylic acid groups (broad SMARTS) is 4. The second-order valence-electron chi connectivity index (χ2n) is 7.56. The van der Waals surface area contributed by atoms with Gasteiger partial charge in [-0.25, -0.2) is 19.9 Å². The number of anilines is 4. The van der Waals surface area contributed by atoms with Crippen molar-refractivity contribution in [3.63, 3.8) is 0 Å². The van der Waals surface area contributed by atoms with Crippen molar-refractivity contribution in [2.45, 2.75) is 12.8 Å². The molecule has 0 aliphatic heterocycles. The summed E-state index contributed by atoms with van der Waals surface area (Å²) < 4.78 is 0. The predicted molar refractivity (Wildman–Crippen MR) is 169 cm³/mol. The molecule has 295 valence electrons. The second kappa shape index (κ2) is 42.5. The van der Waals surface area contributed by atoms with Gasteiger partial charge in [-0.15, -0.1) is 0 Å². The molecule has 4 heterocycles. The molecule has 0 amide bonds. The van der Waals surface area contributed by atoms with Crippen molar-refractivity contribution < 1.29 is 97.4 Å². The van der Waals surface area contributed by atoms with E-state index in [1.54, 1.807) is 49.1 Å². The Balaban J connectivity index is -0.0000000913. The first-order valence-corrected chi connectivity index (χ1v) is 12.6. The summed E-state index contributed by atoms with van der Waals surface area (Å²) in [4.78, 5) is 64.8. The third kappa shape index (κ3) is 76.1. The fourth-order valence-electron chi connectivity index (χ4n) is 1.86. The second-order valence-corrected chi connectivity index (χ2v) is 7.56. The van der Waals surface area contributed by atoms with E-state index in [1.165, 1.54) is 0 Å². The Kier molecular flexibility index (Phi) is 48.8. The van der Waals surface area contributed by atoms with Gasteiger partial charge in [0.1, 0.15) is 0 Å². The molecule has 0 saturated heterocycles. The summed E-state index contributed by atoms with van der Waals surface area (Å²) >= 11 is 0. The molecule has 1 radical (unpaired) electrons. The fourth-order valence-corrected chi connectivity index (χ4v) is 1.86. The van der Waals surface area contributed by atoms with E-state index >= 15 is 0 Å². The summed E-state index contributed by atoms with van der Waals surface area (Å²) in [5.41, 5.74) is 21.2. The van der Waals surface area contributed by atoms with Crippen molar-refractivity contribution in [2.75, 3.05) is 22.9 Å². The molecule has 4 aromatic heterocycles. The van der Waals surface area contributed by atoms with E-state index in [2.05, 4.69) is 19.9 Å². The quantitative estimate of drug-likeness (QED) is 0.0644. The molecule has 0 saturated carbocycles. The summed E-state index contributed by atoms with van der Waals surface area (Å²) in [6, 6.07) is 22.3. The number of carbonyl (C=O) groups is 4.